The molecule has 0 spiro atoms. The molecule has 3 aromatic carbocycles. The first-order chi connectivity index (χ1) is 18.7. The van der Waals surface area contributed by atoms with Crippen LogP contribution < -0.4 is 5.32 Å². The largest absolute Gasteiger partial charge is 0.476 e. The third kappa shape index (κ3) is 5.30. The van der Waals surface area contributed by atoms with E-state index >= 15 is 0 Å². The predicted octanol–water partition coefficient (Wildman–Crippen LogP) is 5.95. The first kappa shape index (κ1) is 24.9. The number of hydrogen-bond acceptors (Lipinski definition) is 7. The van der Waals surface area contributed by atoms with Gasteiger partial charge in [0, 0.05) is 11.6 Å². The lowest BCUT2D eigenvalue weighted by atomic mass is 9.77. The summed E-state index contributed by atoms with van der Waals surface area (Å²) in [6, 6.07) is 35.7. The first-order valence-electron chi connectivity index (χ1n) is 11.9. The van der Waals surface area contributed by atoms with Crippen molar-refractivity contribution in [3.05, 3.63) is 149 Å². The molecule has 38 heavy (non-hydrogen) atoms. The van der Waals surface area contributed by atoms with Crippen molar-refractivity contribution < 1.29 is 14.7 Å². The van der Waals surface area contributed by atoms with E-state index in [0.29, 0.717) is 10.8 Å². The van der Waals surface area contributed by atoms with Gasteiger partial charge in [0.1, 0.15) is 11.2 Å². The van der Waals surface area contributed by atoms with Gasteiger partial charge >= 0.3 is 5.97 Å². The number of benzene rings is 3. The Hall–Kier alpha value is -4.82. The molecule has 0 aliphatic rings. The summed E-state index contributed by atoms with van der Waals surface area (Å²) >= 11 is 1.30. The van der Waals surface area contributed by atoms with Gasteiger partial charge in [-0.2, -0.15) is 0 Å². The van der Waals surface area contributed by atoms with Crippen molar-refractivity contribution in [2.24, 2.45) is 5.16 Å². The zero-order chi connectivity index (χ0) is 26.2. The smallest absolute Gasteiger partial charge is 0.360 e. The maximum atomic E-state index is 12.0. The molecular formula is C30H24N4O3S. The maximum absolute atomic E-state index is 12.0. The Morgan fingerprint density at radius 1 is 0.842 bits per heavy atom. The van der Waals surface area contributed by atoms with Crippen LogP contribution >= 0.6 is 11.3 Å². The number of nitrogens with one attached hydrogen (secondary N) is 1. The number of carbonyl (C=O) groups is 1. The molecule has 7 nitrogen and oxygen atoms in total. The van der Waals surface area contributed by atoms with Gasteiger partial charge in [-0.25, -0.2) is 9.78 Å². The Labute approximate surface area is 224 Å². The molecule has 0 saturated heterocycles. The summed E-state index contributed by atoms with van der Waals surface area (Å²) in [7, 11) is 0. The fraction of sp³-hybridized carbons (Fsp3) is 0.0667. The number of aliphatic carboxylic acids is 1. The van der Waals surface area contributed by atoms with Gasteiger partial charge in [0.15, 0.2) is 11.7 Å². The highest BCUT2D eigenvalue weighted by molar-refractivity contribution is 7.14. The number of carboxylic acids is 1. The quantitative estimate of drug-likeness (QED) is 0.134. The van der Waals surface area contributed by atoms with E-state index < -0.39 is 11.5 Å². The SMILES string of the molecule is O=C(O)C(=NOCc1ccccn1)c1csc(NC(c2ccccc2)(c2ccccc2)c2ccccc2)n1. The second kappa shape index (κ2) is 11.5. The lowest BCUT2D eigenvalue weighted by Gasteiger charge is -2.36. The summed E-state index contributed by atoms with van der Waals surface area (Å²) in [6.45, 7) is 0.0476. The minimum absolute atomic E-state index is 0.0476. The topological polar surface area (TPSA) is 96.7 Å². The van der Waals surface area contributed by atoms with Crippen molar-refractivity contribution in [2.45, 2.75) is 12.1 Å². The highest BCUT2D eigenvalue weighted by Gasteiger charge is 2.37. The number of oxime groups is 1. The average molecular weight is 521 g/mol. The molecule has 2 heterocycles. The van der Waals surface area contributed by atoms with E-state index in [1.165, 1.54) is 11.3 Å². The number of rotatable bonds is 10. The van der Waals surface area contributed by atoms with E-state index in [4.69, 9.17) is 4.84 Å². The third-order valence-corrected chi connectivity index (χ3v) is 6.72. The first-order valence-corrected chi connectivity index (χ1v) is 12.8. The molecule has 0 fully saturated rings. The summed E-state index contributed by atoms with van der Waals surface area (Å²) in [5, 5.41) is 19.5. The molecule has 5 rings (SSSR count). The van der Waals surface area contributed by atoms with Crippen LogP contribution in [0.5, 0.6) is 0 Å². The molecule has 0 aliphatic carbocycles. The van der Waals surface area contributed by atoms with Crippen LogP contribution in [0.3, 0.4) is 0 Å². The third-order valence-electron chi connectivity index (χ3n) is 5.96. The number of hydrogen-bond donors (Lipinski definition) is 2. The van der Waals surface area contributed by atoms with E-state index in [9.17, 15) is 9.90 Å². The van der Waals surface area contributed by atoms with Crippen molar-refractivity contribution in [1.82, 2.24) is 9.97 Å². The minimum Gasteiger partial charge on any atom is -0.476 e. The van der Waals surface area contributed by atoms with Gasteiger partial charge in [-0.05, 0) is 28.8 Å². The predicted molar refractivity (Wildman–Crippen MR) is 148 cm³/mol. The normalized spacial score (nSPS) is 11.6. The van der Waals surface area contributed by atoms with Gasteiger partial charge in [0.05, 0.1) is 5.69 Å². The molecule has 8 heteroatoms. The van der Waals surface area contributed by atoms with Crippen molar-refractivity contribution in [3.8, 4) is 0 Å². The van der Waals surface area contributed by atoms with Crippen LogP contribution in [0, 0.1) is 0 Å². The molecule has 0 radical (unpaired) electrons. The second-order valence-electron chi connectivity index (χ2n) is 8.35. The van der Waals surface area contributed by atoms with Gasteiger partial charge in [-0.3, -0.25) is 4.98 Å². The van der Waals surface area contributed by atoms with E-state index in [1.807, 2.05) is 60.7 Å². The zero-order valence-corrected chi connectivity index (χ0v) is 21.1. The molecule has 0 aliphatic heterocycles. The molecule has 2 aromatic heterocycles. The fourth-order valence-electron chi connectivity index (χ4n) is 4.22. The Balaban J connectivity index is 1.53. The monoisotopic (exact) mass is 520 g/mol. The molecule has 0 saturated carbocycles. The van der Waals surface area contributed by atoms with E-state index in [0.717, 1.165) is 16.7 Å². The second-order valence-corrected chi connectivity index (χ2v) is 9.21. The summed E-state index contributed by atoms with van der Waals surface area (Å²) in [5.74, 6) is -1.23. The van der Waals surface area contributed by atoms with Crippen molar-refractivity contribution in [3.63, 3.8) is 0 Å². The molecule has 2 N–H and O–H groups in total. The molecular weight excluding hydrogens is 496 g/mol. The number of nitrogens with zero attached hydrogens (tertiary/aromatic N) is 3. The number of aromatic nitrogens is 2. The highest BCUT2D eigenvalue weighted by Crippen LogP contribution is 2.40. The van der Waals surface area contributed by atoms with Crippen molar-refractivity contribution in [2.75, 3.05) is 5.32 Å². The lowest BCUT2D eigenvalue weighted by molar-refractivity contribution is -0.129. The van der Waals surface area contributed by atoms with Gasteiger partial charge in [-0.15, -0.1) is 11.3 Å². The van der Waals surface area contributed by atoms with Crippen LogP contribution in [0.4, 0.5) is 5.13 Å². The zero-order valence-electron chi connectivity index (χ0n) is 20.3. The lowest BCUT2D eigenvalue weighted by Crippen LogP contribution is -2.38. The Morgan fingerprint density at radius 3 is 1.89 bits per heavy atom. The van der Waals surface area contributed by atoms with Crippen LogP contribution in [0.1, 0.15) is 28.1 Å². The van der Waals surface area contributed by atoms with E-state index in [2.05, 4.69) is 56.8 Å². The number of thiazole rings is 1. The Bertz CT molecular complexity index is 1410. The van der Waals surface area contributed by atoms with Crippen LogP contribution in [0.2, 0.25) is 0 Å². The number of carboxylic acid groups (broad SMARTS) is 1. The molecule has 5 aromatic rings. The molecule has 0 unspecified atom stereocenters. The Morgan fingerprint density at radius 2 is 1.39 bits per heavy atom. The molecule has 0 amide bonds. The number of pyridine rings is 1. The minimum atomic E-state index is -1.23. The standard InChI is InChI=1S/C30H24N4O3S/c35-28(36)27(34-37-20-25-18-10-11-19-31-25)26-21-38-29(32-26)33-30(22-12-4-1-5-13-22,23-14-6-2-7-15-23)24-16-8-3-9-17-24/h1-19,21H,20H2,(H,32,33)(H,35,36). The highest BCUT2D eigenvalue weighted by atomic mass is 32.1. The summed E-state index contributed by atoms with van der Waals surface area (Å²) in [4.78, 5) is 26.1. The van der Waals surface area contributed by atoms with Crippen molar-refractivity contribution in [1.29, 1.82) is 0 Å². The average Bonchev–Trinajstić information content (AvgIpc) is 3.43. The van der Waals surface area contributed by atoms with Gasteiger partial charge in [-0.1, -0.05) is 102 Å². The van der Waals surface area contributed by atoms with Crippen LogP contribution in [-0.4, -0.2) is 26.8 Å². The van der Waals surface area contributed by atoms with Gasteiger partial charge < -0.3 is 15.3 Å². The number of anilines is 1. The molecule has 0 bridgehead atoms. The molecule has 0 atom stereocenters. The van der Waals surface area contributed by atoms with Crippen LogP contribution in [-0.2, 0) is 21.8 Å². The molecule has 188 valence electrons. The van der Waals surface area contributed by atoms with Crippen molar-refractivity contribution >= 4 is 28.1 Å². The summed E-state index contributed by atoms with van der Waals surface area (Å²) in [6.07, 6.45) is 1.64. The summed E-state index contributed by atoms with van der Waals surface area (Å²) in [5.41, 5.74) is 2.82. The van der Waals surface area contributed by atoms with Crippen LogP contribution in [0.15, 0.2) is 126 Å². The van der Waals surface area contributed by atoms with Gasteiger partial charge in [0.2, 0.25) is 5.71 Å². The van der Waals surface area contributed by atoms with Crippen LogP contribution in [0.25, 0.3) is 0 Å². The van der Waals surface area contributed by atoms with E-state index in [-0.39, 0.29) is 18.0 Å². The Kier molecular flexibility index (Phi) is 7.52. The van der Waals surface area contributed by atoms with Gasteiger partial charge in [0.25, 0.3) is 0 Å². The fourth-order valence-corrected chi connectivity index (χ4v) is 4.97. The van der Waals surface area contributed by atoms with E-state index in [1.54, 1.807) is 23.7 Å². The summed E-state index contributed by atoms with van der Waals surface area (Å²) < 4.78 is 0. The maximum Gasteiger partial charge on any atom is 0.360 e.